The third kappa shape index (κ3) is 4.71. The molecule has 2 aromatic carbocycles. The SMILES string of the molecule is CCc1ccc(NC(=O)C2CC(=O)N(c3ccc(C)cc3)C2c2cccs2)cc1S(N)(=O)=O. The first-order chi connectivity index (χ1) is 15.7. The number of anilines is 2. The molecule has 1 fully saturated rings. The van der Waals surface area contributed by atoms with Crippen LogP contribution < -0.4 is 15.4 Å². The molecule has 0 bridgehead atoms. The maximum atomic E-state index is 13.3. The fourth-order valence-electron chi connectivity index (χ4n) is 4.19. The number of benzene rings is 2. The maximum Gasteiger partial charge on any atom is 0.238 e. The van der Waals surface area contributed by atoms with Crippen LogP contribution in [-0.2, 0) is 26.0 Å². The average Bonchev–Trinajstić information content (AvgIpc) is 3.41. The third-order valence-electron chi connectivity index (χ3n) is 5.83. The summed E-state index contributed by atoms with van der Waals surface area (Å²) in [4.78, 5) is 29.0. The zero-order valence-electron chi connectivity index (χ0n) is 18.3. The monoisotopic (exact) mass is 483 g/mol. The zero-order valence-corrected chi connectivity index (χ0v) is 19.9. The Bertz CT molecular complexity index is 1290. The molecule has 172 valence electrons. The number of sulfonamides is 1. The van der Waals surface area contributed by atoms with Crippen LogP contribution in [0.25, 0.3) is 0 Å². The molecular weight excluding hydrogens is 458 g/mol. The molecule has 4 rings (SSSR count). The lowest BCUT2D eigenvalue weighted by Gasteiger charge is -2.27. The van der Waals surface area contributed by atoms with Gasteiger partial charge < -0.3 is 10.2 Å². The molecule has 2 amide bonds. The first-order valence-electron chi connectivity index (χ1n) is 10.6. The van der Waals surface area contributed by atoms with Crippen molar-refractivity contribution in [2.45, 2.75) is 37.6 Å². The number of rotatable bonds is 6. The Morgan fingerprint density at radius 1 is 1.18 bits per heavy atom. The van der Waals surface area contributed by atoms with Crippen LogP contribution in [0.1, 0.15) is 35.4 Å². The summed E-state index contributed by atoms with van der Waals surface area (Å²) < 4.78 is 24.0. The summed E-state index contributed by atoms with van der Waals surface area (Å²) in [6.45, 7) is 3.81. The second-order valence-corrected chi connectivity index (χ2v) is 10.6. The lowest BCUT2D eigenvalue weighted by atomic mass is 9.97. The number of nitrogens with two attached hydrogens (primary N) is 1. The van der Waals surface area contributed by atoms with E-state index in [0.717, 1.165) is 16.1 Å². The average molecular weight is 484 g/mol. The van der Waals surface area contributed by atoms with E-state index in [0.29, 0.717) is 17.7 Å². The van der Waals surface area contributed by atoms with Crippen LogP contribution >= 0.6 is 11.3 Å². The lowest BCUT2D eigenvalue weighted by molar-refractivity contribution is -0.122. The highest BCUT2D eigenvalue weighted by atomic mass is 32.2. The number of thiophene rings is 1. The lowest BCUT2D eigenvalue weighted by Crippen LogP contribution is -2.32. The van der Waals surface area contributed by atoms with Crippen molar-refractivity contribution in [3.05, 3.63) is 76.0 Å². The minimum atomic E-state index is -3.94. The van der Waals surface area contributed by atoms with E-state index >= 15 is 0 Å². The number of carbonyl (C=O) groups is 2. The van der Waals surface area contributed by atoms with Gasteiger partial charge in [0.15, 0.2) is 0 Å². The molecule has 1 aliphatic rings. The van der Waals surface area contributed by atoms with Crippen molar-refractivity contribution >= 4 is 44.5 Å². The molecule has 1 aromatic heterocycles. The molecule has 9 heteroatoms. The Morgan fingerprint density at radius 2 is 1.91 bits per heavy atom. The normalized spacial score (nSPS) is 18.5. The van der Waals surface area contributed by atoms with Crippen LogP contribution in [0.2, 0.25) is 0 Å². The number of nitrogens with zero attached hydrogens (tertiary/aromatic N) is 1. The summed E-state index contributed by atoms with van der Waals surface area (Å²) in [5.74, 6) is -1.12. The van der Waals surface area contributed by atoms with Crippen LogP contribution in [0.3, 0.4) is 0 Å². The van der Waals surface area contributed by atoms with E-state index in [9.17, 15) is 18.0 Å². The Kier molecular flexibility index (Phi) is 6.38. The van der Waals surface area contributed by atoms with Gasteiger partial charge in [-0.25, -0.2) is 13.6 Å². The van der Waals surface area contributed by atoms with Gasteiger partial charge in [0.05, 0.1) is 16.9 Å². The van der Waals surface area contributed by atoms with E-state index in [1.165, 1.54) is 17.4 Å². The highest BCUT2D eigenvalue weighted by Crippen LogP contribution is 2.43. The Balaban J connectivity index is 1.67. The fraction of sp³-hybridized carbons (Fsp3) is 0.250. The number of aryl methyl sites for hydroxylation is 2. The molecule has 33 heavy (non-hydrogen) atoms. The molecule has 0 aliphatic carbocycles. The van der Waals surface area contributed by atoms with E-state index in [-0.39, 0.29) is 23.1 Å². The standard InChI is InChI=1S/C24H25N3O4S2/c1-3-16-8-9-17(13-21(16)33(25,30)31)26-24(29)19-14-22(28)27(18-10-6-15(2)7-11-18)23(19)20-5-4-12-32-20/h4-13,19,23H,3,14H2,1-2H3,(H,26,29)(H2,25,30,31). The van der Waals surface area contributed by atoms with Crippen molar-refractivity contribution in [3.8, 4) is 0 Å². The summed E-state index contributed by atoms with van der Waals surface area (Å²) in [7, 11) is -3.94. The van der Waals surface area contributed by atoms with Gasteiger partial charge in [-0.1, -0.05) is 36.8 Å². The number of nitrogens with one attached hydrogen (secondary N) is 1. The topological polar surface area (TPSA) is 110 Å². The summed E-state index contributed by atoms with van der Waals surface area (Å²) in [6, 6.07) is 15.7. The predicted octanol–water partition coefficient (Wildman–Crippen LogP) is 4.00. The highest BCUT2D eigenvalue weighted by molar-refractivity contribution is 7.89. The zero-order chi connectivity index (χ0) is 23.8. The van der Waals surface area contributed by atoms with Gasteiger partial charge in [0, 0.05) is 22.7 Å². The first-order valence-corrected chi connectivity index (χ1v) is 13.0. The van der Waals surface area contributed by atoms with Crippen LogP contribution in [-0.4, -0.2) is 20.2 Å². The molecule has 0 saturated carbocycles. The number of amides is 2. The molecule has 0 spiro atoms. The minimum absolute atomic E-state index is 0.0126. The molecule has 0 radical (unpaired) electrons. The second-order valence-electron chi connectivity index (χ2n) is 8.08. The van der Waals surface area contributed by atoms with Crippen molar-refractivity contribution in [1.29, 1.82) is 0 Å². The smallest absolute Gasteiger partial charge is 0.238 e. The number of hydrogen-bond acceptors (Lipinski definition) is 5. The van der Waals surface area contributed by atoms with Crippen LogP contribution in [0.4, 0.5) is 11.4 Å². The molecule has 2 atom stereocenters. The minimum Gasteiger partial charge on any atom is -0.326 e. The van der Waals surface area contributed by atoms with Crippen molar-refractivity contribution in [3.63, 3.8) is 0 Å². The van der Waals surface area contributed by atoms with Crippen molar-refractivity contribution in [2.24, 2.45) is 11.1 Å². The van der Waals surface area contributed by atoms with Crippen LogP contribution in [0, 0.1) is 12.8 Å². The van der Waals surface area contributed by atoms with E-state index in [1.807, 2.05) is 55.6 Å². The molecule has 1 saturated heterocycles. The summed E-state index contributed by atoms with van der Waals surface area (Å²) in [6.07, 6.45) is 0.542. The summed E-state index contributed by atoms with van der Waals surface area (Å²) >= 11 is 1.49. The van der Waals surface area contributed by atoms with E-state index in [2.05, 4.69) is 5.32 Å². The summed E-state index contributed by atoms with van der Waals surface area (Å²) in [5.41, 5.74) is 2.72. The largest absolute Gasteiger partial charge is 0.326 e. The second kappa shape index (κ2) is 9.09. The first kappa shape index (κ1) is 23.2. The number of hydrogen-bond donors (Lipinski definition) is 2. The fourth-order valence-corrected chi connectivity index (χ4v) is 5.94. The van der Waals surface area contributed by atoms with Crippen molar-refractivity contribution in [1.82, 2.24) is 0 Å². The Hall–Kier alpha value is -3.01. The Labute approximate surface area is 197 Å². The van der Waals surface area contributed by atoms with Gasteiger partial charge >= 0.3 is 0 Å². The molecule has 1 aliphatic heterocycles. The quantitative estimate of drug-likeness (QED) is 0.552. The van der Waals surface area contributed by atoms with E-state index < -0.39 is 22.0 Å². The van der Waals surface area contributed by atoms with Gasteiger partial charge in [-0.05, 0) is 54.6 Å². The van der Waals surface area contributed by atoms with Crippen LogP contribution in [0.5, 0.6) is 0 Å². The molecule has 2 unspecified atom stereocenters. The van der Waals surface area contributed by atoms with Gasteiger partial charge in [-0.3, -0.25) is 9.59 Å². The molecule has 3 N–H and O–H groups in total. The molecule has 7 nitrogen and oxygen atoms in total. The van der Waals surface area contributed by atoms with E-state index in [1.54, 1.807) is 17.0 Å². The number of primary sulfonamides is 1. The van der Waals surface area contributed by atoms with Gasteiger partial charge in [0.1, 0.15) is 0 Å². The van der Waals surface area contributed by atoms with Gasteiger partial charge in [-0.2, -0.15) is 0 Å². The Morgan fingerprint density at radius 3 is 2.52 bits per heavy atom. The maximum absolute atomic E-state index is 13.3. The molecular formula is C24H25N3O4S2. The predicted molar refractivity (Wildman–Crippen MR) is 130 cm³/mol. The highest BCUT2D eigenvalue weighted by Gasteiger charge is 2.45. The summed E-state index contributed by atoms with van der Waals surface area (Å²) in [5, 5.41) is 10.1. The van der Waals surface area contributed by atoms with Gasteiger partial charge in [0.25, 0.3) is 0 Å². The molecule has 2 heterocycles. The van der Waals surface area contributed by atoms with Crippen LogP contribution in [0.15, 0.2) is 64.9 Å². The van der Waals surface area contributed by atoms with Crippen molar-refractivity contribution in [2.75, 3.05) is 10.2 Å². The number of carbonyl (C=O) groups excluding carboxylic acids is 2. The van der Waals surface area contributed by atoms with Gasteiger partial charge in [0.2, 0.25) is 21.8 Å². The molecule has 3 aromatic rings. The third-order valence-corrected chi connectivity index (χ3v) is 7.76. The van der Waals surface area contributed by atoms with E-state index in [4.69, 9.17) is 5.14 Å². The van der Waals surface area contributed by atoms with Gasteiger partial charge in [-0.15, -0.1) is 11.3 Å². The van der Waals surface area contributed by atoms with Crippen molar-refractivity contribution < 1.29 is 18.0 Å².